The van der Waals surface area contributed by atoms with Crippen LogP contribution in [0.5, 0.6) is 0 Å². The van der Waals surface area contributed by atoms with Gasteiger partial charge in [-0.05, 0) is 19.1 Å². The predicted octanol–water partition coefficient (Wildman–Crippen LogP) is 1.34. The number of carbonyl (C=O) groups is 1. The average molecular weight is 176 g/mol. The predicted molar refractivity (Wildman–Crippen MR) is 46.9 cm³/mol. The van der Waals surface area contributed by atoms with Crippen molar-refractivity contribution in [1.29, 1.82) is 0 Å². The lowest BCUT2D eigenvalue weighted by atomic mass is 10.3. The summed E-state index contributed by atoms with van der Waals surface area (Å²) < 4.78 is 1.75. The maximum absolute atomic E-state index is 10.8. The van der Waals surface area contributed by atoms with Gasteiger partial charge in [-0.1, -0.05) is 6.07 Å². The first-order valence-corrected chi connectivity index (χ1v) is 3.87. The van der Waals surface area contributed by atoms with Crippen molar-refractivity contribution < 1.29 is 9.90 Å². The van der Waals surface area contributed by atoms with Crippen molar-refractivity contribution >= 4 is 11.5 Å². The molecule has 2 heterocycles. The average Bonchev–Trinajstić information content (AvgIpc) is 2.45. The molecule has 0 unspecified atom stereocenters. The summed E-state index contributed by atoms with van der Waals surface area (Å²) in [6, 6.07) is 5.37. The Balaban J connectivity index is 2.85. The van der Waals surface area contributed by atoms with Crippen LogP contribution in [0.4, 0.5) is 0 Å². The molecule has 0 aliphatic carbocycles. The fourth-order valence-electron chi connectivity index (χ4n) is 1.35. The number of hydrogen-bond donors (Lipinski definition) is 1. The second-order valence-corrected chi connectivity index (χ2v) is 2.77. The molecule has 2 aromatic rings. The van der Waals surface area contributed by atoms with Crippen LogP contribution in [0.3, 0.4) is 0 Å². The van der Waals surface area contributed by atoms with Crippen LogP contribution in [0.2, 0.25) is 0 Å². The van der Waals surface area contributed by atoms with Crippen molar-refractivity contribution in [2.75, 3.05) is 0 Å². The molecule has 2 rings (SSSR count). The molecule has 0 radical (unpaired) electrons. The number of aryl methyl sites for hydroxylation is 1. The molecule has 0 saturated heterocycles. The van der Waals surface area contributed by atoms with Crippen LogP contribution >= 0.6 is 0 Å². The zero-order valence-electron chi connectivity index (χ0n) is 7.06. The molecule has 0 fully saturated rings. The fraction of sp³-hybridized carbons (Fsp3) is 0.111. The Labute approximate surface area is 74.5 Å². The highest BCUT2D eigenvalue weighted by atomic mass is 16.4. The maximum Gasteiger partial charge on any atom is 0.356 e. The van der Waals surface area contributed by atoms with Crippen molar-refractivity contribution in [2.45, 2.75) is 6.92 Å². The Kier molecular flexibility index (Phi) is 1.55. The van der Waals surface area contributed by atoms with Gasteiger partial charge in [-0.2, -0.15) is 0 Å². The lowest BCUT2D eigenvalue weighted by molar-refractivity contribution is 0.0693. The van der Waals surface area contributed by atoms with Gasteiger partial charge in [0.15, 0.2) is 5.69 Å². The summed E-state index contributed by atoms with van der Waals surface area (Å²) in [5.74, 6) is -0.301. The summed E-state index contributed by atoms with van der Waals surface area (Å²) in [4.78, 5) is 14.7. The highest BCUT2D eigenvalue weighted by Crippen LogP contribution is 2.11. The quantitative estimate of drug-likeness (QED) is 0.713. The topological polar surface area (TPSA) is 54.6 Å². The number of hydrogen-bond acceptors (Lipinski definition) is 2. The summed E-state index contributed by atoms with van der Waals surface area (Å²) in [5, 5.41) is 8.82. The molecule has 13 heavy (non-hydrogen) atoms. The number of imidazole rings is 1. The molecule has 0 amide bonds. The third-order valence-corrected chi connectivity index (χ3v) is 1.93. The summed E-state index contributed by atoms with van der Waals surface area (Å²) in [6.45, 7) is 1.78. The van der Waals surface area contributed by atoms with E-state index in [0.29, 0.717) is 11.3 Å². The number of carboxylic acids is 1. The van der Waals surface area contributed by atoms with E-state index in [0.717, 1.165) is 0 Å². The molecule has 4 nitrogen and oxygen atoms in total. The van der Waals surface area contributed by atoms with E-state index in [2.05, 4.69) is 4.98 Å². The van der Waals surface area contributed by atoms with Gasteiger partial charge in [0.2, 0.25) is 0 Å². The van der Waals surface area contributed by atoms with E-state index in [1.54, 1.807) is 29.7 Å². The monoisotopic (exact) mass is 176 g/mol. The number of rotatable bonds is 1. The Morgan fingerprint density at radius 3 is 3.00 bits per heavy atom. The van der Waals surface area contributed by atoms with Gasteiger partial charge in [0.05, 0.1) is 5.52 Å². The second-order valence-electron chi connectivity index (χ2n) is 2.77. The van der Waals surface area contributed by atoms with Gasteiger partial charge < -0.3 is 9.51 Å². The minimum absolute atomic E-state index is 0.109. The van der Waals surface area contributed by atoms with E-state index in [-0.39, 0.29) is 5.69 Å². The van der Waals surface area contributed by atoms with E-state index >= 15 is 0 Å². The number of carboxylic acid groups (broad SMARTS) is 1. The number of aromatic nitrogens is 2. The van der Waals surface area contributed by atoms with Crippen LogP contribution in [-0.2, 0) is 0 Å². The number of pyridine rings is 1. The zero-order valence-corrected chi connectivity index (χ0v) is 7.06. The minimum atomic E-state index is -0.989. The van der Waals surface area contributed by atoms with Gasteiger partial charge in [-0.3, -0.25) is 0 Å². The fourth-order valence-corrected chi connectivity index (χ4v) is 1.35. The van der Waals surface area contributed by atoms with E-state index in [4.69, 9.17) is 5.11 Å². The molecule has 2 aromatic heterocycles. The van der Waals surface area contributed by atoms with Gasteiger partial charge >= 0.3 is 5.97 Å². The molecule has 0 saturated carbocycles. The van der Waals surface area contributed by atoms with Crippen LogP contribution in [-0.4, -0.2) is 20.5 Å². The van der Waals surface area contributed by atoms with Gasteiger partial charge in [0.1, 0.15) is 5.82 Å². The first kappa shape index (κ1) is 7.79. The molecule has 4 heteroatoms. The Morgan fingerprint density at radius 2 is 2.31 bits per heavy atom. The molecule has 0 bridgehead atoms. The zero-order chi connectivity index (χ0) is 9.42. The summed E-state index contributed by atoms with van der Waals surface area (Å²) >= 11 is 0. The highest BCUT2D eigenvalue weighted by Gasteiger charge is 2.12. The Morgan fingerprint density at radius 1 is 1.54 bits per heavy atom. The second kappa shape index (κ2) is 2.58. The lowest BCUT2D eigenvalue weighted by Gasteiger charge is -1.93. The Bertz CT molecular complexity index is 473. The van der Waals surface area contributed by atoms with Gasteiger partial charge in [-0.15, -0.1) is 0 Å². The van der Waals surface area contributed by atoms with E-state index < -0.39 is 5.97 Å². The van der Waals surface area contributed by atoms with Crippen LogP contribution in [0, 0.1) is 6.92 Å². The number of fused-ring (bicyclic) bond motifs is 1. The van der Waals surface area contributed by atoms with E-state index in [9.17, 15) is 4.79 Å². The first-order valence-electron chi connectivity index (χ1n) is 3.87. The third-order valence-electron chi connectivity index (χ3n) is 1.93. The molecule has 0 aromatic carbocycles. The smallest absolute Gasteiger partial charge is 0.356 e. The largest absolute Gasteiger partial charge is 0.476 e. The lowest BCUT2D eigenvalue weighted by Crippen LogP contribution is -1.96. The highest BCUT2D eigenvalue weighted by molar-refractivity contribution is 5.93. The van der Waals surface area contributed by atoms with Crippen molar-refractivity contribution in [1.82, 2.24) is 9.38 Å². The van der Waals surface area contributed by atoms with Gasteiger partial charge in [0.25, 0.3) is 0 Å². The minimum Gasteiger partial charge on any atom is -0.476 e. The van der Waals surface area contributed by atoms with Crippen LogP contribution in [0.25, 0.3) is 5.52 Å². The van der Waals surface area contributed by atoms with Gasteiger partial charge in [0, 0.05) is 6.20 Å². The van der Waals surface area contributed by atoms with Crippen molar-refractivity contribution in [3.63, 3.8) is 0 Å². The van der Waals surface area contributed by atoms with Crippen LogP contribution in [0.1, 0.15) is 16.3 Å². The molecular weight excluding hydrogens is 168 g/mol. The normalized spacial score (nSPS) is 10.5. The van der Waals surface area contributed by atoms with E-state index in [1.807, 2.05) is 6.07 Å². The number of aromatic carboxylic acids is 1. The molecular formula is C9H8N2O2. The molecule has 0 spiro atoms. The van der Waals surface area contributed by atoms with Crippen molar-refractivity contribution in [3.8, 4) is 0 Å². The van der Waals surface area contributed by atoms with Crippen molar-refractivity contribution in [2.24, 2.45) is 0 Å². The summed E-state index contributed by atoms with van der Waals surface area (Å²) in [7, 11) is 0. The van der Waals surface area contributed by atoms with E-state index in [1.165, 1.54) is 0 Å². The SMILES string of the molecule is Cc1nc(C(=O)O)c2ccccn12. The first-order chi connectivity index (χ1) is 6.20. The number of nitrogens with zero attached hydrogens (tertiary/aromatic N) is 2. The third kappa shape index (κ3) is 1.07. The molecule has 0 aliphatic rings. The standard InChI is InChI=1S/C9H8N2O2/c1-6-10-8(9(12)13)7-4-2-3-5-11(6)7/h2-5H,1H3,(H,12,13). The molecule has 1 N–H and O–H groups in total. The molecule has 0 aliphatic heterocycles. The maximum atomic E-state index is 10.8. The Hall–Kier alpha value is -1.84. The van der Waals surface area contributed by atoms with Crippen molar-refractivity contribution in [3.05, 3.63) is 35.9 Å². The van der Waals surface area contributed by atoms with Crippen LogP contribution < -0.4 is 0 Å². The summed E-state index contributed by atoms with van der Waals surface area (Å²) in [5.41, 5.74) is 0.741. The van der Waals surface area contributed by atoms with Crippen LogP contribution in [0.15, 0.2) is 24.4 Å². The summed E-state index contributed by atoms with van der Waals surface area (Å²) in [6.07, 6.45) is 1.80. The molecule has 66 valence electrons. The molecule has 0 atom stereocenters. The van der Waals surface area contributed by atoms with Gasteiger partial charge in [-0.25, -0.2) is 9.78 Å².